The number of carboxylic acids is 1. The number of halogens is 2. The second-order valence-corrected chi connectivity index (χ2v) is 2.40. The predicted molar refractivity (Wildman–Crippen MR) is 40.6 cm³/mol. The van der Waals surface area contributed by atoms with E-state index in [9.17, 15) is 18.4 Å². The molecule has 0 saturated heterocycles. The van der Waals surface area contributed by atoms with Gasteiger partial charge in [-0.2, -0.15) is 0 Å². The first-order valence-electron chi connectivity index (χ1n) is 3.41. The van der Waals surface area contributed by atoms with Gasteiger partial charge in [0.2, 0.25) is 5.43 Å². The molecule has 3 N–H and O–H groups in total. The molecule has 14 heavy (non-hydrogen) atoms. The van der Waals surface area contributed by atoms with Crippen molar-refractivity contribution >= 4 is 5.97 Å². The lowest BCUT2D eigenvalue weighted by Gasteiger charge is -2.04. The van der Waals surface area contributed by atoms with E-state index in [2.05, 4.69) is 0 Å². The first-order valence-corrected chi connectivity index (χ1v) is 3.41. The minimum Gasteiger partial charge on any atom is -0.503 e. The van der Waals surface area contributed by atoms with Gasteiger partial charge in [0, 0.05) is 6.20 Å². The summed E-state index contributed by atoms with van der Waals surface area (Å²) in [6.45, 7) is 0. The van der Waals surface area contributed by atoms with Crippen molar-refractivity contribution in [1.82, 2.24) is 4.98 Å². The van der Waals surface area contributed by atoms with Gasteiger partial charge in [-0.3, -0.25) is 4.79 Å². The average molecular weight is 205 g/mol. The van der Waals surface area contributed by atoms with E-state index in [0.29, 0.717) is 6.20 Å². The van der Waals surface area contributed by atoms with Crippen molar-refractivity contribution in [2.75, 3.05) is 0 Å². The van der Waals surface area contributed by atoms with Crippen LogP contribution in [0.25, 0.3) is 0 Å². The fraction of sp³-hybridized carbons (Fsp3) is 0.143. The summed E-state index contributed by atoms with van der Waals surface area (Å²) < 4.78 is 24.4. The Balaban J connectivity index is 3.54. The minimum atomic E-state index is -3.12. The lowest BCUT2D eigenvalue weighted by Crippen LogP contribution is -2.19. The number of aromatic nitrogens is 1. The maximum Gasteiger partial charge on any atom is 0.341 e. The van der Waals surface area contributed by atoms with Crippen LogP contribution in [0.15, 0.2) is 11.0 Å². The van der Waals surface area contributed by atoms with Crippen LogP contribution in [0.3, 0.4) is 0 Å². The highest BCUT2D eigenvalue weighted by atomic mass is 19.3. The first-order chi connectivity index (χ1) is 6.45. The van der Waals surface area contributed by atoms with Crippen molar-refractivity contribution in [3.63, 3.8) is 0 Å². The maximum atomic E-state index is 12.2. The fourth-order valence-electron chi connectivity index (χ4n) is 0.919. The number of H-pyrrole nitrogens is 1. The van der Waals surface area contributed by atoms with Crippen molar-refractivity contribution < 1.29 is 23.8 Å². The number of aromatic amines is 1. The first kappa shape index (κ1) is 10.2. The molecule has 0 radical (unpaired) electrons. The van der Waals surface area contributed by atoms with E-state index in [1.807, 2.05) is 4.98 Å². The molecular weight excluding hydrogens is 200 g/mol. The van der Waals surface area contributed by atoms with Crippen LogP contribution in [-0.2, 0) is 0 Å². The minimum absolute atomic E-state index is 0.621. The van der Waals surface area contributed by atoms with Crippen LogP contribution in [0.5, 0.6) is 5.75 Å². The van der Waals surface area contributed by atoms with Crippen LogP contribution in [0.2, 0.25) is 0 Å². The van der Waals surface area contributed by atoms with Gasteiger partial charge in [-0.05, 0) is 0 Å². The molecular formula is C7H5F2NO4. The van der Waals surface area contributed by atoms with Crippen LogP contribution in [0.1, 0.15) is 22.5 Å². The zero-order chi connectivity index (χ0) is 10.9. The summed E-state index contributed by atoms with van der Waals surface area (Å²) in [5.41, 5.74) is -3.48. The third-order valence-corrected chi connectivity index (χ3v) is 1.53. The van der Waals surface area contributed by atoms with Gasteiger partial charge in [-0.25, -0.2) is 13.6 Å². The van der Waals surface area contributed by atoms with E-state index >= 15 is 0 Å². The molecule has 0 aliphatic heterocycles. The topological polar surface area (TPSA) is 90.4 Å². The Morgan fingerprint density at radius 3 is 2.50 bits per heavy atom. The zero-order valence-corrected chi connectivity index (χ0v) is 6.62. The molecule has 0 aromatic carbocycles. The van der Waals surface area contributed by atoms with Crippen molar-refractivity contribution in [2.45, 2.75) is 6.43 Å². The largest absolute Gasteiger partial charge is 0.503 e. The van der Waals surface area contributed by atoms with Crippen molar-refractivity contribution in [3.8, 4) is 5.75 Å². The number of aromatic hydroxyl groups is 1. The highest BCUT2D eigenvalue weighted by Crippen LogP contribution is 2.19. The zero-order valence-electron chi connectivity index (χ0n) is 6.62. The second kappa shape index (κ2) is 3.44. The number of alkyl halides is 2. The summed E-state index contributed by atoms with van der Waals surface area (Å²) in [6.07, 6.45) is -2.50. The van der Waals surface area contributed by atoms with Crippen molar-refractivity contribution in [3.05, 3.63) is 27.7 Å². The molecule has 0 saturated carbocycles. The van der Waals surface area contributed by atoms with Gasteiger partial charge < -0.3 is 15.2 Å². The molecule has 0 atom stereocenters. The summed E-state index contributed by atoms with van der Waals surface area (Å²) in [6, 6.07) is 0. The third kappa shape index (κ3) is 1.56. The Labute approximate surface area is 75.6 Å². The molecule has 0 unspecified atom stereocenters. The van der Waals surface area contributed by atoms with Gasteiger partial charge in [0.15, 0.2) is 5.75 Å². The number of hydrogen-bond acceptors (Lipinski definition) is 3. The lowest BCUT2D eigenvalue weighted by molar-refractivity contribution is 0.0679. The third-order valence-electron chi connectivity index (χ3n) is 1.53. The van der Waals surface area contributed by atoms with E-state index in [1.165, 1.54) is 0 Å². The molecule has 1 aromatic rings. The van der Waals surface area contributed by atoms with E-state index in [1.54, 1.807) is 0 Å². The molecule has 0 aliphatic carbocycles. The monoisotopic (exact) mass is 205 g/mol. The van der Waals surface area contributed by atoms with Crippen molar-refractivity contribution in [2.24, 2.45) is 0 Å². The molecule has 1 heterocycles. The predicted octanol–water partition coefficient (Wildman–Crippen LogP) is 0.716. The number of aromatic carboxylic acids is 1. The van der Waals surface area contributed by atoms with E-state index in [4.69, 9.17) is 10.2 Å². The molecule has 1 aromatic heterocycles. The van der Waals surface area contributed by atoms with Crippen LogP contribution in [0.4, 0.5) is 8.78 Å². The molecule has 1 rings (SSSR count). The van der Waals surface area contributed by atoms with Gasteiger partial charge in [-0.15, -0.1) is 0 Å². The van der Waals surface area contributed by atoms with Crippen molar-refractivity contribution in [1.29, 1.82) is 0 Å². The fourth-order valence-corrected chi connectivity index (χ4v) is 0.919. The van der Waals surface area contributed by atoms with E-state index < -0.39 is 34.8 Å². The molecule has 0 spiro atoms. The molecule has 0 fully saturated rings. The lowest BCUT2D eigenvalue weighted by atomic mass is 10.2. The molecule has 7 heteroatoms. The Morgan fingerprint density at radius 1 is 1.50 bits per heavy atom. The Kier molecular flexibility index (Phi) is 2.50. The number of carboxylic acid groups (broad SMARTS) is 1. The van der Waals surface area contributed by atoms with Crippen LogP contribution >= 0.6 is 0 Å². The number of hydrogen-bond donors (Lipinski definition) is 3. The molecule has 0 bridgehead atoms. The standard InChI is InChI=1S/C7H5F2NO4/c8-6(9)4-3(7(13)14)5(12)2(11)1-10-4/h1,6,11H,(H,10,12)(H,13,14). The molecule has 5 nitrogen and oxygen atoms in total. The normalized spacial score (nSPS) is 10.5. The molecule has 76 valence electrons. The van der Waals surface area contributed by atoms with Gasteiger partial charge in [0.25, 0.3) is 6.43 Å². The Hall–Kier alpha value is -1.92. The smallest absolute Gasteiger partial charge is 0.341 e. The highest BCUT2D eigenvalue weighted by Gasteiger charge is 2.23. The van der Waals surface area contributed by atoms with Crippen LogP contribution < -0.4 is 5.43 Å². The van der Waals surface area contributed by atoms with Gasteiger partial charge in [0.1, 0.15) is 11.3 Å². The highest BCUT2D eigenvalue weighted by molar-refractivity contribution is 5.89. The average Bonchev–Trinajstić information content (AvgIpc) is 2.08. The summed E-state index contributed by atoms with van der Waals surface area (Å²) >= 11 is 0. The Bertz CT molecular complexity index is 426. The molecule has 0 amide bonds. The maximum absolute atomic E-state index is 12.2. The summed E-state index contributed by atoms with van der Waals surface area (Å²) in [4.78, 5) is 23.2. The number of rotatable bonds is 2. The van der Waals surface area contributed by atoms with E-state index in [-0.39, 0.29) is 0 Å². The summed E-state index contributed by atoms with van der Waals surface area (Å²) in [5.74, 6) is -2.72. The van der Waals surface area contributed by atoms with Gasteiger partial charge in [0.05, 0.1) is 0 Å². The summed E-state index contributed by atoms with van der Waals surface area (Å²) in [5, 5.41) is 17.3. The van der Waals surface area contributed by atoms with Crippen LogP contribution in [-0.4, -0.2) is 21.2 Å². The van der Waals surface area contributed by atoms with E-state index in [0.717, 1.165) is 0 Å². The SMILES string of the molecule is O=C(O)c1c(C(F)F)[nH]cc(O)c1=O. The number of nitrogens with one attached hydrogen (secondary N) is 1. The summed E-state index contributed by atoms with van der Waals surface area (Å²) in [7, 11) is 0. The number of pyridine rings is 1. The van der Waals surface area contributed by atoms with Crippen LogP contribution in [0, 0.1) is 0 Å². The number of carbonyl (C=O) groups is 1. The Morgan fingerprint density at radius 2 is 2.07 bits per heavy atom. The van der Waals surface area contributed by atoms with Gasteiger partial charge >= 0.3 is 5.97 Å². The molecule has 0 aliphatic rings. The second-order valence-electron chi connectivity index (χ2n) is 2.40. The van der Waals surface area contributed by atoms with Gasteiger partial charge in [-0.1, -0.05) is 0 Å². The quantitative estimate of drug-likeness (QED) is 0.663.